The Morgan fingerprint density at radius 1 is 1.31 bits per heavy atom. The first-order valence-electron chi connectivity index (χ1n) is 6.42. The largest absolute Gasteiger partial charge is 0.350 e. The Labute approximate surface area is 97.8 Å². The zero-order chi connectivity index (χ0) is 11.4. The van der Waals surface area contributed by atoms with Gasteiger partial charge in [-0.1, -0.05) is 0 Å². The first kappa shape index (κ1) is 11.9. The molecular formula is C12H23N3O. The molecule has 4 nitrogen and oxygen atoms in total. The van der Waals surface area contributed by atoms with Crippen molar-refractivity contribution in [2.24, 2.45) is 0 Å². The molecule has 92 valence electrons. The third kappa shape index (κ3) is 3.19. The number of hydrogen-bond acceptors (Lipinski definition) is 3. The molecule has 1 saturated heterocycles. The molecule has 1 heterocycles. The van der Waals surface area contributed by atoms with Crippen molar-refractivity contribution in [1.82, 2.24) is 15.5 Å². The highest BCUT2D eigenvalue weighted by atomic mass is 16.2. The molecule has 2 rings (SSSR count). The second-order valence-electron chi connectivity index (χ2n) is 5.34. The van der Waals surface area contributed by atoms with Crippen LogP contribution in [0.1, 0.15) is 32.6 Å². The van der Waals surface area contributed by atoms with Gasteiger partial charge in [-0.25, -0.2) is 0 Å². The van der Waals surface area contributed by atoms with Crippen molar-refractivity contribution >= 4 is 5.91 Å². The molecule has 1 saturated carbocycles. The van der Waals surface area contributed by atoms with E-state index in [0.29, 0.717) is 6.54 Å². The van der Waals surface area contributed by atoms with Gasteiger partial charge in [-0.2, -0.15) is 0 Å². The molecule has 0 spiro atoms. The minimum atomic E-state index is 0.0984. The van der Waals surface area contributed by atoms with E-state index in [4.69, 9.17) is 0 Å². The molecule has 0 aromatic rings. The summed E-state index contributed by atoms with van der Waals surface area (Å²) in [5.74, 6) is 0.198. The van der Waals surface area contributed by atoms with E-state index in [-0.39, 0.29) is 11.4 Å². The number of carbonyl (C=O) groups excluding carboxylic acids is 1. The van der Waals surface area contributed by atoms with Crippen LogP contribution in [-0.4, -0.2) is 49.1 Å². The molecule has 1 aliphatic carbocycles. The third-order valence-corrected chi connectivity index (χ3v) is 3.70. The van der Waals surface area contributed by atoms with Crippen molar-refractivity contribution in [2.75, 3.05) is 32.7 Å². The quantitative estimate of drug-likeness (QED) is 0.728. The highest BCUT2D eigenvalue weighted by Crippen LogP contribution is 2.30. The molecule has 0 aromatic heterocycles. The molecule has 0 bridgehead atoms. The topological polar surface area (TPSA) is 44.4 Å². The Bertz CT molecular complexity index is 243. The predicted molar refractivity (Wildman–Crippen MR) is 64.3 cm³/mol. The monoisotopic (exact) mass is 225 g/mol. The molecule has 0 aromatic carbocycles. The zero-order valence-corrected chi connectivity index (χ0v) is 10.2. The third-order valence-electron chi connectivity index (χ3n) is 3.70. The molecule has 1 amide bonds. The van der Waals surface area contributed by atoms with Crippen LogP contribution in [0.25, 0.3) is 0 Å². The summed E-state index contributed by atoms with van der Waals surface area (Å²) in [6, 6.07) is 0. The predicted octanol–water partition coefficient (Wildman–Crippen LogP) is 0.341. The van der Waals surface area contributed by atoms with Gasteiger partial charge in [0.15, 0.2) is 0 Å². The van der Waals surface area contributed by atoms with Crippen molar-refractivity contribution < 1.29 is 4.79 Å². The van der Waals surface area contributed by atoms with E-state index in [1.807, 2.05) is 0 Å². The van der Waals surface area contributed by atoms with Crippen molar-refractivity contribution in [1.29, 1.82) is 0 Å². The van der Waals surface area contributed by atoms with Gasteiger partial charge in [0.05, 0.1) is 6.54 Å². The molecule has 2 fully saturated rings. The van der Waals surface area contributed by atoms with Crippen LogP contribution in [0.3, 0.4) is 0 Å². The van der Waals surface area contributed by atoms with Crippen LogP contribution in [0.2, 0.25) is 0 Å². The first-order chi connectivity index (χ1) is 7.68. The molecule has 0 atom stereocenters. The smallest absolute Gasteiger partial charge is 0.234 e. The molecule has 16 heavy (non-hydrogen) atoms. The summed E-state index contributed by atoms with van der Waals surface area (Å²) in [5, 5.41) is 6.51. The van der Waals surface area contributed by atoms with Crippen molar-refractivity contribution in [2.45, 2.75) is 38.1 Å². The van der Waals surface area contributed by atoms with Gasteiger partial charge in [0.2, 0.25) is 5.91 Å². The second kappa shape index (κ2) is 5.15. The lowest BCUT2D eigenvalue weighted by Gasteiger charge is -2.39. The minimum Gasteiger partial charge on any atom is -0.350 e. The Kier molecular flexibility index (Phi) is 3.82. The number of amides is 1. The number of hydrogen-bond donors (Lipinski definition) is 2. The van der Waals surface area contributed by atoms with Gasteiger partial charge in [0.1, 0.15) is 0 Å². The fraction of sp³-hybridized carbons (Fsp3) is 0.917. The number of carbonyl (C=O) groups is 1. The van der Waals surface area contributed by atoms with E-state index in [0.717, 1.165) is 45.4 Å². The number of rotatable bonds is 3. The lowest BCUT2D eigenvalue weighted by atomic mass is 9.78. The van der Waals surface area contributed by atoms with Crippen LogP contribution in [0.5, 0.6) is 0 Å². The lowest BCUT2D eigenvalue weighted by molar-refractivity contribution is -0.124. The summed E-state index contributed by atoms with van der Waals surface area (Å²) < 4.78 is 0. The van der Waals surface area contributed by atoms with Gasteiger partial charge in [-0.15, -0.1) is 0 Å². The van der Waals surface area contributed by atoms with E-state index in [9.17, 15) is 4.79 Å². The Balaban J connectivity index is 1.73. The van der Waals surface area contributed by atoms with Crippen molar-refractivity contribution in [3.8, 4) is 0 Å². The molecule has 2 N–H and O–H groups in total. The van der Waals surface area contributed by atoms with E-state index < -0.39 is 0 Å². The Morgan fingerprint density at radius 2 is 2.12 bits per heavy atom. The van der Waals surface area contributed by atoms with Crippen molar-refractivity contribution in [3.63, 3.8) is 0 Å². The zero-order valence-electron chi connectivity index (χ0n) is 10.2. The number of nitrogens with zero attached hydrogens (tertiary/aromatic N) is 1. The molecule has 0 radical (unpaired) electrons. The normalized spacial score (nSPS) is 25.6. The van der Waals surface area contributed by atoms with Crippen LogP contribution in [0, 0.1) is 0 Å². The van der Waals surface area contributed by atoms with Gasteiger partial charge in [0.25, 0.3) is 0 Å². The highest BCUT2D eigenvalue weighted by molar-refractivity contribution is 5.79. The van der Waals surface area contributed by atoms with E-state index in [2.05, 4.69) is 22.5 Å². The van der Waals surface area contributed by atoms with Gasteiger partial charge in [0, 0.05) is 18.6 Å². The van der Waals surface area contributed by atoms with Gasteiger partial charge >= 0.3 is 0 Å². The summed E-state index contributed by atoms with van der Waals surface area (Å²) in [4.78, 5) is 14.1. The van der Waals surface area contributed by atoms with Crippen LogP contribution < -0.4 is 10.6 Å². The van der Waals surface area contributed by atoms with Crippen LogP contribution >= 0.6 is 0 Å². The molecular weight excluding hydrogens is 202 g/mol. The Hall–Kier alpha value is -0.610. The van der Waals surface area contributed by atoms with E-state index in [1.54, 1.807) is 0 Å². The molecule has 0 unspecified atom stereocenters. The fourth-order valence-electron chi connectivity index (χ4n) is 2.47. The molecule has 4 heteroatoms. The molecule has 2 aliphatic rings. The summed E-state index contributed by atoms with van der Waals surface area (Å²) in [5.41, 5.74) is 0.0984. The summed E-state index contributed by atoms with van der Waals surface area (Å²) in [6.07, 6.45) is 4.68. The second-order valence-corrected chi connectivity index (χ2v) is 5.34. The lowest BCUT2D eigenvalue weighted by Crippen LogP contribution is -2.53. The van der Waals surface area contributed by atoms with Gasteiger partial charge < -0.3 is 10.6 Å². The average molecular weight is 225 g/mol. The highest BCUT2D eigenvalue weighted by Gasteiger charge is 2.33. The SMILES string of the molecule is CC1(NC(=O)CN2CCCNCC2)CCC1. The summed E-state index contributed by atoms with van der Waals surface area (Å²) in [7, 11) is 0. The van der Waals surface area contributed by atoms with Gasteiger partial charge in [-0.05, 0) is 45.7 Å². The summed E-state index contributed by atoms with van der Waals surface area (Å²) >= 11 is 0. The summed E-state index contributed by atoms with van der Waals surface area (Å²) in [6.45, 7) is 6.83. The minimum absolute atomic E-state index is 0.0984. The fourth-order valence-corrected chi connectivity index (χ4v) is 2.47. The maximum atomic E-state index is 11.9. The Morgan fingerprint density at radius 3 is 2.81 bits per heavy atom. The van der Waals surface area contributed by atoms with Crippen LogP contribution in [-0.2, 0) is 4.79 Å². The van der Waals surface area contributed by atoms with E-state index in [1.165, 1.54) is 6.42 Å². The van der Waals surface area contributed by atoms with Crippen molar-refractivity contribution in [3.05, 3.63) is 0 Å². The average Bonchev–Trinajstić information content (AvgIpc) is 2.44. The van der Waals surface area contributed by atoms with Crippen LogP contribution in [0.4, 0.5) is 0 Å². The maximum Gasteiger partial charge on any atom is 0.234 e. The number of nitrogens with one attached hydrogen (secondary N) is 2. The van der Waals surface area contributed by atoms with Gasteiger partial charge in [-0.3, -0.25) is 9.69 Å². The molecule has 1 aliphatic heterocycles. The van der Waals surface area contributed by atoms with E-state index >= 15 is 0 Å². The maximum absolute atomic E-state index is 11.9. The standard InChI is InChI=1S/C12H23N3O/c1-12(4-2-5-12)14-11(16)10-15-8-3-6-13-7-9-15/h13H,2-10H2,1H3,(H,14,16). The first-order valence-corrected chi connectivity index (χ1v) is 6.42. The van der Waals surface area contributed by atoms with Crippen LogP contribution in [0.15, 0.2) is 0 Å².